The third kappa shape index (κ3) is 3.47. The molecule has 0 aromatic carbocycles. The molecule has 1 aliphatic rings. The molecule has 2 heterocycles. The molecule has 0 radical (unpaired) electrons. The van der Waals surface area contributed by atoms with Crippen LogP contribution in [0, 0.1) is 0 Å². The number of nitrogens with one attached hydrogen (secondary N) is 1. The van der Waals surface area contributed by atoms with E-state index in [0.717, 1.165) is 32.4 Å². The molecule has 1 fully saturated rings. The summed E-state index contributed by atoms with van der Waals surface area (Å²) in [7, 11) is 1.88. The molecule has 1 unspecified atom stereocenters. The molecule has 1 N–H and O–H groups in total. The van der Waals surface area contributed by atoms with Gasteiger partial charge in [0.2, 0.25) is 5.91 Å². The summed E-state index contributed by atoms with van der Waals surface area (Å²) in [5, 5.41) is 3.35. The molecule has 1 atom stereocenters. The Morgan fingerprint density at radius 1 is 1.50 bits per heavy atom. The van der Waals surface area contributed by atoms with Gasteiger partial charge in [-0.15, -0.1) is 0 Å². The SMILES string of the molecule is CN(C(=O)/C=C/c1ccco1)C1CCCNCC1. The Bertz CT molecular complexity index is 390. The van der Waals surface area contributed by atoms with Crippen molar-refractivity contribution < 1.29 is 9.21 Å². The topological polar surface area (TPSA) is 45.5 Å². The van der Waals surface area contributed by atoms with Crippen LogP contribution in [0.1, 0.15) is 25.0 Å². The van der Waals surface area contributed by atoms with Crippen LogP contribution < -0.4 is 5.32 Å². The standard InChI is InChI=1S/C14H20N2O2/c1-16(12-4-2-9-15-10-8-12)14(17)7-6-13-5-3-11-18-13/h3,5-7,11-12,15H,2,4,8-10H2,1H3/b7-6+. The number of hydrogen-bond donors (Lipinski definition) is 1. The summed E-state index contributed by atoms with van der Waals surface area (Å²) >= 11 is 0. The summed E-state index contributed by atoms with van der Waals surface area (Å²) in [4.78, 5) is 13.9. The fraction of sp³-hybridized carbons (Fsp3) is 0.500. The first-order valence-electron chi connectivity index (χ1n) is 6.46. The van der Waals surface area contributed by atoms with Gasteiger partial charge in [-0.05, 0) is 50.6 Å². The zero-order valence-electron chi connectivity index (χ0n) is 10.8. The molecular formula is C14H20N2O2. The lowest BCUT2D eigenvalue weighted by atomic mass is 10.1. The van der Waals surface area contributed by atoms with Crippen LogP contribution in [-0.4, -0.2) is 37.0 Å². The lowest BCUT2D eigenvalue weighted by Crippen LogP contribution is -2.36. The van der Waals surface area contributed by atoms with Crippen molar-refractivity contribution in [2.75, 3.05) is 20.1 Å². The van der Waals surface area contributed by atoms with E-state index in [4.69, 9.17) is 4.42 Å². The third-order valence-corrected chi connectivity index (χ3v) is 3.37. The van der Waals surface area contributed by atoms with Gasteiger partial charge in [0.15, 0.2) is 0 Å². The minimum absolute atomic E-state index is 0.0401. The lowest BCUT2D eigenvalue weighted by Gasteiger charge is -2.25. The summed E-state index contributed by atoms with van der Waals surface area (Å²) < 4.78 is 5.16. The summed E-state index contributed by atoms with van der Waals surface area (Å²) in [6, 6.07) is 3.98. The Balaban J connectivity index is 1.91. The van der Waals surface area contributed by atoms with E-state index in [-0.39, 0.29) is 5.91 Å². The van der Waals surface area contributed by atoms with E-state index in [1.165, 1.54) is 0 Å². The minimum Gasteiger partial charge on any atom is -0.465 e. The van der Waals surface area contributed by atoms with Crippen molar-refractivity contribution in [1.29, 1.82) is 0 Å². The van der Waals surface area contributed by atoms with Crippen LogP contribution in [0.2, 0.25) is 0 Å². The number of furan rings is 1. The quantitative estimate of drug-likeness (QED) is 0.831. The third-order valence-electron chi connectivity index (χ3n) is 3.37. The van der Waals surface area contributed by atoms with Crippen molar-refractivity contribution in [3.8, 4) is 0 Å². The van der Waals surface area contributed by atoms with Crippen LogP contribution in [0.15, 0.2) is 28.9 Å². The fourth-order valence-corrected chi connectivity index (χ4v) is 2.23. The lowest BCUT2D eigenvalue weighted by molar-refractivity contribution is -0.126. The van der Waals surface area contributed by atoms with Gasteiger partial charge in [0.25, 0.3) is 0 Å². The van der Waals surface area contributed by atoms with Crippen molar-refractivity contribution in [3.05, 3.63) is 30.2 Å². The molecular weight excluding hydrogens is 228 g/mol. The molecule has 0 aliphatic carbocycles. The molecule has 0 spiro atoms. The first-order chi connectivity index (χ1) is 8.77. The Hall–Kier alpha value is -1.55. The first kappa shape index (κ1) is 12.9. The highest BCUT2D eigenvalue weighted by Crippen LogP contribution is 2.12. The van der Waals surface area contributed by atoms with E-state index < -0.39 is 0 Å². The minimum atomic E-state index is 0.0401. The second-order valence-corrected chi connectivity index (χ2v) is 4.63. The van der Waals surface area contributed by atoms with Crippen LogP contribution in [0.25, 0.3) is 6.08 Å². The van der Waals surface area contributed by atoms with Crippen molar-refractivity contribution in [3.63, 3.8) is 0 Å². The van der Waals surface area contributed by atoms with Gasteiger partial charge in [-0.1, -0.05) is 0 Å². The largest absolute Gasteiger partial charge is 0.465 e. The van der Waals surface area contributed by atoms with Crippen LogP contribution in [0.3, 0.4) is 0 Å². The molecule has 1 amide bonds. The maximum absolute atomic E-state index is 12.0. The molecule has 0 saturated carbocycles. The summed E-state index contributed by atoms with van der Waals surface area (Å²) in [5.41, 5.74) is 0. The summed E-state index contributed by atoms with van der Waals surface area (Å²) in [6.07, 6.45) is 8.13. The van der Waals surface area contributed by atoms with Crippen molar-refractivity contribution >= 4 is 12.0 Å². The fourth-order valence-electron chi connectivity index (χ4n) is 2.23. The van der Waals surface area contributed by atoms with Gasteiger partial charge in [0.05, 0.1) is 6.26 Å². The summed E-state index contributed by atoms with van der Waals surface area (Å²) in [6.45, 7) is 2.05. The van der Waals surface area contributed by atoms with E-state index in [0.29, 0.717) is 11.8 Å². The Kier molecular flexibility index (Phi) is 4.59. The van der Waals surface area contributed by atoms with Gasteiger partial charge < -0.3 is 14.6 Å². The van der Waals surface area contributed by atoms with E-state index in [1.807, 2.05) is 24.1 Å². The number of likely N-dealkylation sites (N-methyl/N-ethyl adjacent to an activating group) is 1. The number of hydrogen-bond acceptors (Lipinski definition) is 3. The van der Waals surface area contributed by atoms with E-state index in [2.05, 4.69) is 5.32 Å². The zero-order chi connectivity index (χ0) is 12.8. The van der Waals surface area contributed by atoms with Crippen LogP contribution in [0.4, 0.5) is 0 Å². The second kappa shape index (κ2) is 6.40. The number of rotatable bonds is 3. The predicted octanol–water partition coefficient (Wildman–Crippen LogP) is 1.89. The maximum Gasteiger partial charge on any atom is 0.246 e. The molecule has 2 rings (SSSR count). The second-order valence-electron chi connectivity index (χ2n) is 4.63. The van der Waals surface area contributed by atoms with Crippen LogP contribution >= 0.6 is 0 Å². The molecule has 1 aliphatic heterocycles. The van der Waals surface area contributed by atoms with E-state index >= 15 is 0 Å². The number of carbonyl (C=O) groups excluding carboxylic acids is 1. The molecule has 1 aromatic rings. The number of nitrogens with zero attached hydrogens (tertiary/aromatic N) is 1. The zero-order valence-corrected chi connectivity index (χ0v) is 10.8. The highest BCUT2D eigenvalue weighted by atomic mass is 16.3. The highest BCUT2D eigenvalue weighted by Gasteiger charge is 2.19. The average molecular weight is 248 g/mol. The molecule has 0 bridgehead atoms. The Morgan fingerprint density at radius 2 is 2.39 bits per heavy atom. The van der Waals surface area contributed by atoms with E-state index in [9.17, 15) is 4.79 Å². The van der Waals surface area contributed by atoms with Gasteiger partial charge >= 0.3 is 0 Å². The van der Waals surface area contributed by atoms with Crippen LogP contribution in [0.5, 0.6) is 0 Å². The van der Waals surface area contributed by atoms with Crippen molar-refractivity contribution in [2.24, 2.45) is 0 Å². The van der Waals surface area contributed by atoms with Gasteiger partial charge in [0.1, 0.15) is 5.76 Å². The normalized spacial score (nSPS) is 20.8. The predicted molar refractivity (Wildman–Crippen MR) is 71.0 cm³/mol. The van der Waals surface area contributed by atoms with Gasteiger partial charge in [-0.2, -0.15) is 0 Å². The molecule has 1 aromatic heterocycles. The summed E-state index contributed by atoms with van der Waals surface area (Å²) in [5.74, 6) is 0.748. The van der Waals surface area contributed by atoms with Gasteiger partial charge in [-0.3, -0.25) is 4.79 Å². The Labute approximate surface area is 108 Å². The first-order valence-corrected chi connectivity index (χ1v) is 6.46. The highest BCUT2D eigenvalue weighted by molar-refractivity contribution is 5.91. The van der Waals surface area contributed by atoms with Gasteiger partial charge in [-0.25, -0.2) is 0 Å². The average Bonchev–Trinajstić information content (AvgIpc) is 2.75. The number of amides is 1. The Morgan fingerprint density at radius 3 is 3.17 bits per heavy atom. The molecule has 18 heavy (non-hydrogen) atoms. The molecule has 98 valence electrons. The molecule has 4 heteroatoms. The smallest absolute Gasteiger partial charge is 0.246 e. The van der Waals surface area contributed by atoms with Crippen LogP contribution in [-0.2, 0) is 4.79 Å². The van der Waals surface area contributed by atoms with Crippen molar-refractivity contribution in [1.82, 2.24) is 10.2 Å². The number of carbonyl (C=O) groups is 1. The van der Waals surface area contributed by atoms with Gasteiger partial charge in [0, 0.05) is 19.2 Å². The van der Waals surface area contributed by atoms with Crippen molar-refractivity contribution in [2.45, 2.75) is 25.3 Å². The van der Waals surface area contributed by atoms with E-state index in [1.54, 1.807) is 18.4 Å². The monoisotopic (exact) mass is 248 g/mol. The maximum atomic E-state index is 12.0. The molecule has 4 nitrogen and oxygen atoms in total. The molecule has 1 saturated heterocycles.